The van der Waals surface area contributed by atoms with Gasteiger partial charge in [0.15, 0.2) is 0 Å². The van der Waals surface area contributed by atoms with Crippen LogP contribution in [-0.2, 0) is 14.3 Å². The lowest BCUT2D eigenvalue weighted by Crippen LogP contribution is -2.26. The molecule has 1 aliphatic heterocycles. The molecule has 2 atom stereocenters. The molecule has 2 N–H and O–H groups in total. The lowest BCUT2D eigenvalue weighted by atomic mass is 9.75. The minimum atomic E-state index is -0.977. The summed E-state index contributed by atoms with van der Waals surface area (Å²) in [7, 11) is 0. The summed E-state index contributed by atoms with van der Waals surface area (Å²) in [6, 6.07) is 0. The third-order valence-electron chi connectivity index (χ3n) is 3.81. The monoisotopic (exact) mass is 266 g/mol. The minimum absolute atomic E-state index is 0.0593. The quantitative estimate of drug-likeness (QED) is 0.567. The second-order valence-electron chi connectivity index (χ2n) is 5.11. The van der Waals surface area contributed by atoms with Gasteiger partial charge in [-0.25, -0.2) is 9.59 Å². The predicted octanol–water partition coefficient (Wildman–Crippen LogP) is 1.99. The number of hydrogen-bond acceptors (Lipinski definition) is 3. The molecule has 0 saturated carbocycles. The Morgan fingerprint density at radius 3 is 2.68 bits per heavy atom. The van der Waals surface area contributed by atoms with Crippen molar-refractivity contribution >= 4 is 11.9 Å². The van der Waals surface area contributed by atoms with Gasteiger partial charge in [0.2, 0.25) is 0 Å². The second kappa shape index (κ2) is 5.17. The first kappa shape index (κ1) is 13.8. The van der Waals surface area contributed by atoms with Crippen LogP contribution in [0.25, 0.3) is 0 Å². The summed E-state index contributed by atoms with van der Waals surface area (Å²) < 4.78 is 5.20. The number of rotatable bonds is 6. The first-order valence-electron chi connectivity index (χ1n) is 6.49. The van der Waals surface area contributed by atoms with Crippen molar-refractivity contribution in [1.29, 1.82) is 0 Å². The fraction of sp³-hybridized carbons (Fsp3) is 0.571. The van der Waals surface area contributed by atoms with E-state index in [1.54, 1.807) is 19.1 Å². The summed E-state index contributed by atoms with van der Waals surface area (Å²) in [5.74, 6) is -1.94. The highest BCUT2D eigenvalue weighted by molar-refractivity contribution is 5.91. The first-order valence-corrected chi connectivity index (χ1v) is 6.49. The molecule has 2 unspecified atom stereocenters. The predicted molar refractivity (Wildman–Crippen MR) is 67.8 cm³/mol. The van der Waals surface area contributed by atoms with Gasteiger partial charge >= 0.3 is 11.9 Å². The van der Waals surface area contributed by atoms with Crippen LogP contribution < -0.4 is 0 Å². The van der Waals surface area contributed by atoms with Gasteiger partial charge < -0.3 is 14.9 Å². The van der Waals surface area contributed by atoms with Crippen LogP contribution in [0.4, 0.5) is 0 Å². The highest BCUT2D eigenvalue weighted by Crippen LogP contribution is 2.47. The van der Waals surface area contributed by atoms with Gasteiger partial charge in [0.1, 0.15) is 0 Å². The molecule has 0 amide bonds. The molecule has 2 aliphatic rings. The number of epoxide rings is 1. The Hall–Kier alpha value is -1.62. The number of allylic oxidation sites excluding steroid dienone is 2. The maximum atomic E-state index is 11.4. The Morgan fingerprint density at radius 2 is 2.21 bits per heavy atom. The molecule has 2 rings (SSSR count). The molecule has 1 saturated heterocycles. The van der Waals surface area contributed by atoms with E-state index in [-0.39, 0.29) is 11.7 Å². The van der Waals surface area contributed by atoms with Crippen LogP contribution in [0.3, 0.4) is 0 Å². The standard InChI is InChI=1S/C14H18O5/c1-2-9(12(15)16)6-14(7-10-8-19-10)5-3-4-11(14)13(17)18/h4,6,10H,2-3,5,7-8H2,1H3,(H,15,16)(H,17,18). The Bertz CT molecular complexity index is 458. The molecule has 104 valence electrons. The Morgan fingerprint density at radius 1 is 1.53 bits per heavy atom. The van der Waals surface area contributed by atoms with E-state index in [1.165, 1.54) is 0 Å². The lowest BCUT2D eigenvalue weighted by molar-refractivity contribution is -0.134. The molecule has 0 aromatic heterocycles. The van der Waals surface area contributed by atoms with Gasteiger partial charge in [0.25, 0.3) is 0 Å². The molecule has 1 fully saturated rings. The molecule has 0 radical (unpaired) electrons. The van der Waals surface area contributed by atoms with Crippen LogP contribution in [-0.4, -0.2) is 34.9 Å². The normalized spacial score (nSPS) is 30.1. The van der Waals surface area contributed by atoms with Crippen LogP contribution in [0, 0.1) is 5.41 Å². The zero-order valence-corrected chi connectivity index (χ0v) is 10.9. The summed E-state index contributed by atoms with van der Waals surface area (Å²) in [4.78, 5) is 22.5. The van der Waals surface area contributed by atoms with Crippen LogP contribution >= 0.6 is 0 Å². The first-order chi connectivity index (χ1) is 8.98. The van der Waals surface area contributed by atoms with Crippen molar-refractivity contribution in [3.05, 3.63) is 23.3 Å². The number of ether oxygens (including phenoxy) is 1. The number of aliphatic carboxylic acids is 2. The number of carboxylic acids is 2. The Balaban J connectivity index is 2.37. The van der Waals surface area contributed by atoms with Gasteiger partial charge in [-0.1, -0.05) is 19.1 Å². The van der Waals surface area contributed by atoms with Gasteiger partial charge in [0, 0.05) is 16.6 Å². The van der Waals surface area contributed by atoms with Crippen LogP contribution in [0.15, 0.2) is 23.3 Å². The summed E-state index contributed by atoms with van der Waals surface area (Å²) in [6.07, 6.45) is 5.66. The fourth-order valence-electron chi connectivity index (χ4n) is 2.77. The molecule has 5 heteroatoms. The lowest BCUT2D eigenvalue weighted by Gasteiger charge is -2.27. The van der Waals surface area contributed by atoms with Gasteiger partial charge in [-0.05, 0) is 25.7 Å². The molecule has 0 spiro atoms. The van der Waals surface area contributed by atoms with E-state index >= 15 is 0 Å². The molecule has 0 aromatic rings. The molecular weight excluding hydrogens is 248 g/mol. The average Bonchev–Trinajstić information content (AvgIpc) is 3.04. The summed E-state index contributed by atoms with van der Waals surface area (Å²) in [5, 5.41) is 18.5. The van der Waals surface area contributed by atoms with Crippen LogP contribution in [0.1, 0.15) is 32.6 Å². The molecule has 1 aliphatic carbocycles. The van der Waals surface area contributed by atoms with E-state index in [9.17, 15) is 14.7 Å². The van der Waals surface area contributed by atoms with Crippen molar-refractivity contribution in [3.8, 4) is 0 Å². The topological polar surface area (TPSA) is 87.1 Å². The Labute approximate surface area is 111 Å². The molecule has 0 bridgehead atoms. The smallest absolute Gasteiger partial charge is 0.332 e. The second-order valence-corrected chi connectivity index (χ2v) is 5.11. The minimum Gasteiger partial charge on any atom is -0.478 e. The molecule has 1 heterocycles. The molecule has 0 aromatic carbocycles. The third kappa shape index (κ3) is 2.87. The van der Waals surface area contributed by atoms with Gasteiger partial charge in [-0.2, -0.15) is 0 Å². The Kier molecular flexibility index (Phi) is 3.75. The maximum absolute atomic E-state index is 11.4. The van der Waals surface area contributed by atoms with E-state index in [2.05, 4.69) is 0 Å². The fourth-order valence-corrected chi connectivity index (χ4v) is 2.77. The van der Waals surface area contributed by atoms with Gasteiger partial charge in [0.05, 0.1) is 12.7 Å². The van der Waals surface area contributed by atoms with E-state index in [1.807, 2.05) is 0 Å². The summed E-state index contributed by atoms with van der Waals surface area (Å²) in [6.45, 7) is 2.40. The maximum Gasteiger partial charge on any atom is 0.332 e. The van der Waals surface area contributed by atoms with E-state index in [0.717, 1.165) is 0 Å². The number of hydrogen-bond donors (Lipinski definition) is 2. The van der Waals surface area contributed by atoms with Crippen molar-refractivity contribution in [3.63, 3.8) is 0 Å². The molecule has 5 nitrogen and oxygen atoms in total. The number of carbonyl (C=O) groups is 2. The van der Waals surface area contributed by atoms with Gasteiger partial charge in [-0.15, -0.1) is 0 Å². The van der Waals surface area contributed by atoms with Crippen molar-refractivity contribution < 1.29 is 24.5 Å². The molecular formula is C14H18O5. The zero-order chi connectivity index (χ0) is 14.0. The van der Waals surface area contributed by atoms with Crippen LogP contribution in [0.5, 0.6) is 0 Å². The van der Waals surface area contributed by atoms with Crippen molar-refractivity contribution in [1.82, 2.24) is 0 Å². The summed E-state index contributed by atoms with van der Waals surface area (Å²) >= 11 is 0. The van der Waals surface area contributed by atoms with Crippen LogP contribution in [0.2, 0.25) is 0 Å². The van der Waals surface area contributed by atoms with Gasteiger partial charge in [-0.3, -0.25) is 0 Å². The van der Waals surface area contributed by atoms with E-state index in [0.29, 0.717) is 37.9 Å². The average molecular weight is 266 g/mol. The third-order valence-corrected chi connectivity index (χ3v) is 3.81. The van der Waals surface area contributed by atoms with E-state index in [4.69, 9.17) is 9.84 Å². The highest BCUT2D eigenvalue weighted by atomic mass is 16.6. The zero-order valence-electron chi connectivity index (χ0n) is 10.9. The van der Waals surface area contributed by atoms with Crippen molar-refractivity contribution in [2.75, 3.05) is 6.61 Å². The van der Waals surface area contributed by atoms with Crippen molar-refractivity contribution in [2.45, 2.75) is 38.7 Å². The van der Waals surface area contributed by atoms with Crippen molar-refractivity contribution in [2.24, 2.45) is 5.41 Å². The number of carboxylic acid groups (broad SMARTS) is 2. The van der Waals surface area contributed by atoms with E-state index < -0.39 is 17.4 Å². The SMILES string of the molecule is CCC(=CC1(CC2CO2)CCC=C1C(=O)O)C(=O)O. The highest BCUT2D eigenvalue weighted by Gasteiger charge is 2.44. The molecule has 19 heavy (non-hydrogen) atoms. The largest absolute Gasteiger partial charge is 0.478 e. The summed E-state index contributed by atoms with van der Waals surface area (Å²) in [5.41, 5.74) is -0.0959.